The van der Waals surface area contributed by atoms with Crippen LogP contribution in [0.4, 0.5) is 5.69 Å². The summed E-state index contributed by atoms with van der Waals surface area (Å²) in [6.07, 6.45) is 3.24. The SMILES string of the molecule is CC(=O)Nc1ccc(C=CC(=O)N(C)Cc2ccc(-c3ccc(Cl)cc3)o2)cc1. The maximum absolute atomic E-state index is 12.4. The van der Waals surface area contributed by atoms with Crippen molar-refractivity contribution in [2.75, 3.05) is 12.4 Å². The van der Waals surface area contributed by atoms with Gasteiger partial charge in [-0.15, -0.1) is 0 Å². The number of nitrogens with zero attached hydrogens (tertiary/aromatic N) is 1. The fraction of sp³-hybridized carbons (Fsp3) is 0.130. The van der Waals surface area contributed by atoms with Gasteiger partial charge in [-0.05, 0) is 60.2 Å². The minimum Gasteiger partial charge on any atom is -0.459 e. The molecule has 148 valence electrons. The van der Waals surface area contributed by atoms with Gasteiger partial charge < -0.3 is 14.6 Å². The van der Waals surface area contributed by atoms with E-state index in [1.54, 1.807) is 30.2 Å². The smallest absolute Gasteiger partial charge is 0.246 e. The number of rotatable bonds is 6. The van der Waals surface area contributed by atoms with E-state index in [9.17, 15) is 9.59 Å². The minimum absolute atomic E-state index is 0.123. The number of hydrogen-bond donors (Lipinski definition) is 1. The summed E-state index contributed by atoms with van der Waals surface area (Å²) in [5.41, 5.74) is 2.51. The largest absolute Gasteiger partial charge is 0.459 e. The Morgan fingerprint density at radius 1 is 1.03 bits per heavy atom. The predicted molar refractivity (Wildman–Crippen MR) is 115 cm³/mol. The van der Waals surface area contributed by atoms with Crippen LogP contribution in [0.15, 0.2) is 71.2 Å². The Morgan fingerprint density at radius 3 is 2.38 bits per heavy atom. The van der Waals surface area contributed by atoms with Crippen LogP contribution in [0, 0.1) is 0 Å². The van der Waals surface area contributed by atoms with Crippen molar-refractivity contribution in [2.24, 2.45) is 0 Å². The molecular weight excluding hydrogens is 388 g/mol. The lowest BCUT2D eigenvalue weighted by molar-refractivity contribution is -0.125. The molecule has 0 aliphatic carbocycles. The molecule has 29 heavy (non-hydrogen) atoms. The standard InChI is InChI=1S/C23H21ClN2O3/c1-16(27)25-20-10-3-17(4-11-20)5-14-23(28)26(2)15-21-12-13-22(29-21)18-6-8-19(24)9-7-18/h3-14H,15H2,1-2H3,(H,25,27). The van der Waals surface area contributed by atoms with Crippen molar-refractivity contribution in [1.29, 1.82) is 0 Å². The summed E-state index contributed by atoms with van der Waals surface area (Å²) in [6, 6.07) is 18.4. The lowest BCUT2D eigenvalue weighted by Crippen LogP contribution is -2.23. The van der Waals surface area contributed by atoms with Gasteiger partial charge in [-0.2, -0.15) is 0 Å². The van der Waals surface area contributed by atoms with Crippen LogP contribution < -0.4 is 5.32 Å². The van der Waals surface area contributed by atoms with Gasteiger partial charge in [-0.25, -0.2) is 0 Å². The minimum atomic E-state index is -0.139. The first kappa shape index (κ1) is 20.4. The third-order valence-corrected chi connectivity index (χ3v) is 4.46. The van der Waals surface area contributed by atoms with E-state index in [1.807, 2.05) is 48.5 Å². The number of furan rings is 1. The number of hydrogen-bond acceptors (Lipinski definition) is 3. The van der Waals surface area contributed by atoms with Crippen LogP contribution in [0.5, 0.6) is 0 Å². The highest BCUT2D eigenvalue weighted by Gasteiger charge is 2.10. The molecule has 0 aliphatic heterocycles. The summed E-state index contributed by atoms with van der Waals surface area (Å²) in [7, 11) is 1.72. The van der Waals surface area contributed by atoms with Crippen LogP contribution in [-0.4, -0.2) is 23.8 Å². The normalized spacial score (nSPS) is 10.9. The van der Waals surface area contributed by atoms with Crippen molar-refractivity contribution in [2.45, 2.75) is 13.5 Å². The zero-order valence-electron chi connectivity index (χ0n) is 16.2. The number of amides is 2. The summed E-state index contributed by atoms with van der Waals surface area (Å²) in [5.74, 6) is 1.16. The van der Waals surface area contributed by atoms with Gasteiger partial charge in [0.2, 0.25) is 11.8 Å². The molecule has 0 spiro atoms. The van der Waals surface area contributed by atoms with Gasteiger partial charge in [0, 0.05) is 36.3 Å². The number of likely N-dealkylation sites (N-methyl/N-ethyl adjacent to an activating group) is 1. The van der Waals surface area contributed by atoms with E-state index in [0.29, 0.717) is 23.0 Å². The highest BCUT2D eigenvalue weighted by molar-refractivity contribution is 6.30. The molecule has 0 unspecified atom stereocenters. The zero-order valence-corrected chi connectivity index (χ0v) is 16.9. The summed E-state index contributed by atoms with van der Waals surface area (Å²) in [4.78, 5) is 25.0. The fourth-order valence-electron chi connectivity index (χ4n) is 2.72. The highest BCUT2D eigenvalue weighted by atomic mass is 35.5. The molecule has 1 heterocycles. The van der Waals surface area contributed by atoms with Crippen LogP contribution in [0.25, 0.3) is 17.4 Å². The van der Waals surface area contributed by atoms with E-state index in [1.165, 1.54) is 13.0 Å². The first-order valence-corrected chi connectivity index (χ1v) is 9.44. The number of halogens is 1. The zero-order chi connectivity index (χ0) is 20.8. The molecule has 1 aromatic heterocycles. The summed E-state index contributed by atoms with van der Waals surface area (Å²) < 4.78 is 5.84. The highest BCUT2D eigenvalue weighted by Crippen LogP contribution is 2.24. The van der Waals surface area contributed by atoms with E-state index >= 15 is 0 Å². The summed E-state index contributed by atoms with van der Waals surface area (Å²) in [5, 5.41) is 3.37. The molecule has 2 amide bonds. The van der Waals surface area contributed by atoms with Gasteiger partial charge in [0.15, 0.2) is 0 Å². The van der Waals surface area contributed by atoms with Crippen molar-refractivity contribution in [3.8, 4) is 11.3 Å². The molecule has 0 fully saturated rings. The number of benzene rings is 2. The molecule has 0 atom stereocenters. The Bertz CT molecular complexity index is 1020. The fourth-order valence-corrected chi connectivity index (χ4v) is 2.85. The second kappa shape index (κ2) is 9.26. The van der Waals surface area contributed by atoms with Crippen LogP contribution in [0.3, 0.4) is 0 Å². The average Bonchev–Trinajstić information content (AvgIpc) is 3.15. The molecule has 0 aliphatic rings. The quantitative estimate of drug-likeness (QED) is 0.568. The Hall–Kier alpha value is -3.31. The number of nitrogens with one attached hydrogen (secondary N) is 1. The third kappa shape index (κ3) is 5.83. The lowest BCUT2D eigenvalue weighted by Gasteiger charge is -2.13. The molecule has 1 N–H and O–H groups in total. The van der Waals surface area contributed by atoms with Crippen molar-refractivity contribution < 1.29 is 14.0 Å². The molecule has 0 radical (unpaired) electrons. The van der Waals surface area contributed by atoms with Crippen LogP contribution in [-0.2, 0) is 16.1 Å². The van der Waals surface area contributed by atoms with Gasteiger partial charge >= 0.3 is 0 Å². The van der Waals surface area contributed by atoms with Gasteiger partial charge in [0.1, 0.15) is 11.5 Å². The topological polar surface area (TPSA) is 62.6 Å². The molecule has 3 rings (SSSR count). The molecule has 5 nitrogen and oxygen atoms in total. The number of carbonyl (C=O) groups is 2. The Morgan fingerprint density at radius 2 is 1.72 bits per heavy atom. The lowest BCUT2D eigenvalue weighted by atomic mass is 10.2. The molecule has 0 saturated heterocycles. The monoisotopic (exact) mass is 408 g/mol. The van der Waals surface area contributed by atoms with Crippen LogP contribution in [0.2, 0.25) is 5.02 Å². The van der Waals surface area contributed by atoms with Crippen molar-refractivity contribution in [3.63, 3.8) is 0 Å². The molecule has 0 saturated carbocycles. The van der Waals surface area contributed by atoms with Crippen molar-refractivity contribution in [3.05, 3.63) is 83.1 Å². The average molecular weight is 409 g/mol. The van der Waals surface area contributed by atoms with E-state index in [-0.39, 0.29) is 11.8 Å². The summed E-state index contributed by atoms with van der Waals surface area (Å²) in [6.45, 7) is 1.82. The molecule has 0 bridgehead atoms. The maximum Gasteiger partial charge on any atom is 0.246 e. The predicted octanol–water partition coefficient (Wildman–Crippen LogP) is 5.23. The van der Waals surface area contributed by atoms with Crippen molar-refractivity contribution >= 4 is 35.2 Å². The molecule has 2 aromatic carbocycles. The van der Waals surface area contributed by atoms with Gasteiger partial charge in [0.05, 0.1) is 6.54 Å². The second-order valence-corrected chi connectivity index (χ2v) is 7.04. The molecular formula is C23H21ClN2O3. The number of anilines is 1. The van der Waals surface area contributed by atoms with Gasteiger partial charge in [0.25, 0.3) is 0 Å². The second-order valence-electron chi connectivity index (χ2n) is 6.60. The van der Waals surface area contributed by atoms with Crippen LogP contribution in [0.1, 0.15) is 18.2 Å². The van der Waals surface area contributed by atoms with E-state index in [0.717, 1.165) is 16.9 Å². The number of carbonyl (C=O) groups excluding carboxylic acids is 2. The molecule has 3 aromatic rings. The maximum atomic E-state index is 12.4. The first-order valence-electron chi connectivity index (χ1n) is 9.06. The first-order chi connectivity index (χ1) is 13.9. The van der Waals surface area contributed by atoms with Crippen LogP contribution >= 0.6 is 11.6 Å². The van der Waals surface area contributed by atoms with E-state index in [4.69, 9.17) is 16.0 Å². The summed E-state index contributed by atoms with van der Waals surface area (Å²) >= 11 is 5.91. The van der Waals surface area contributed by atoms with Gasteiger partial charge in [-0.3, -0.25) is 9.59 Å². The Balaban J connectivity index is 1.58. The van der Waals surface area contributed by atoms with E-state index in [2.05, 4.69) is 5.32 Å². The van der Waals surface area contributed by atoms with Gasteiger partial charge in [-0.1, -0.05) is 23.7 Å². The Kier molecular flexibility index (Phi) is 6.52. The van der Waals surface area contributed by atoms with Crippen molar-refractivity contribution in [1.82, 2.24) is 4.90 Å². The van der Waals surface area contributed by atoms with E-state index < -0.39 is 0 Å². The third-order valence-electron chi connectivity index (χ3n) is 4.21. The molecule has 6 heteroatoms. The Labute approximate surface area is 174 Å².